The third-order valence-electron chi connectivity index (χ3n) is 5.30. The molecule has 0 aliphatic carbocycles. The first kappa shape index (κ1) is 19.4. The summed E-state index contributed by atoms with van der Waals surface area (Å²) in [4.78, 5) is 12.0. The molecule has 4 unspecified atom stereocenters. The average Bonchev–Trinajstić information content (AvgIpc) is 3.22. The van der Waals surface area contributed by atoms with E-state index in [4.69, 9.17) is 15.2 Å². The SMILES string of the molecule is Nc1ncnc2c1ncn2[C@]1(C2OCC(O)C(O)C2O)O[C@H](CO)[C@@H](O)[C@H]1O. The highest BCUT2D eigenvalue weighted by Gasteiger charge is 2.64. The fourth-order valence-corrected chi connectivity index (χ4v) is 3.83. The molecule has 0 spiro atoms. The van der Waals surface area contributed by atoms with Gasteiger partial charge in [0.2, 0.25) is 5.72 Å². The van der Waals surface area contributed by atoms with Crippen molar-refractivity contribution in [2.75, 3.05) is 18.9 Å². The van der Waals surface area contributed by atoms with E-state index in [-0.39, 0.29) is 23.6 Å². The van der Waals surface area contributed by atoms with E-state index in [0.29, 0.717) is 0 Å². The lowest BCUT2D eigenvalue weighted by atomic mass is 9.87. The van der Waals surface area contributed by atoms with Crippen molar-refractivity contribution >= 4 is 17.0 Å². The quantitative estimate of drug-likeness (QED) is 0.261. The van der Waals surface area contributed by atoms with Gasteiger partial charge >= 0.3 is 0 Å². The molecule has 4 rings (SSSR count). The van der Waals surface area contributed by atoms with Gasteiger partial charge in [0.1, 0.15) is 54.6 Å². The van der Waals surface area contributed by atoms with Gasteiger partial charge in [-0.15, -0.1) is 0 Å². The number of ether oxygens (including phenoxy) is 2. The van der Waals surface area contributed by atoms with E-state index in [0.717, 1.165) is 6.33 Å². The molecule has 154 valence electrons. The van der Waals surface area contributed by atoms with Crippen molar-refractivity contribution in [3.63, 3.8) is 0 Å². The molecular formula is C15H21N5O8. The minimum atomic E-state index is -2.04. The van der Waals surface area contributed by atoms with Gasteiger partial charge in [-0.2, -0.15) is 0 Å². The number of fused-ring (bicyclic) bond motifs is 1. The Morgan fingerprint density at radius 1 is 1.11 bits per heavy atom. The summed E-state index contributed by atoms with van der Waals surface area (Å²) in [6.45, 7) is -1.01. The summed E-state index contributed by atoms with van der Waals surface area (Å²) in [5.74, 6) is 0.0474. The first-order chi connectivity index (χ1) is 13.3. The van der Waals surface area contributed by atoms with E-state index in [1.165, 1.54) is 10.9 Å². The van der Waals surface area contributed by atoms with Gasteiger partial charge in [-0.25, -0.2) is 15.0 Å². The smallest absolute Gasteiger partial charge is 0.205 e. The maximum atomic E-state index is 10.9. The summed E-state index contributed by atoms with van der Waals surface area (Å²) >= 11 is 0. The third-order valence-corrected chi connectivity index (χ3v) is 5.30. The molecule has 8 N–H and O–H groups in total. The molecule has 0 saturated carbocycles. The predicted molar refractivity (Wildman–Crippen MR) is 89.4 cm³/mol. The molecule has 13 heteroatoms. The Hall–Kier alpha value is -1.97. The van der Waals surface area contributed by atoms with E-state index < -0.39 is 55.1 Å². The molecule has 2 aliphatic heterocycles. The van der Waals surface area contributed by atoms with Crippen LogP contribution in [0.2, 0.25) is 0 Å². The molecule has 2 aromatic rings. The maximum Gasteiger partial charge on any atom is 0.205 e. The van der Waals surface area contributed by atoms with Crippen molar-refractivity contribution in [3.8, 4) is 0 Å². The summed E-state index contributed by atoms with van der Waals surface area (Å²) in [5.41, 5.74) is 4.04. The van der Waals surface area contributed by atoms with Crippen molar-refractivity contribution in [3.05, 3.63) is 12.7 Å². The van der Waals surface area contributed by atoms with Crippen LogP contribution in [0, 0.1) is 0 Å². The minimum absolute atomic E-state index is 0.0474. The molecule has 0 aromatic carbocycles. The van der Waals surface area contributed by atoms with Crippen molar-refractivity contribution in [1.82, 2.24) is 19.5 Å². The Morgan fingerprint density at radius 2 is 1.86 bits per heavy atom. The molecule has 2 aliphatic rings. The molecule has 0 radical (unpaired) electrons. The van der Waals surface area contributed by atoms with Gasteiger partial charge in [-0.3, -0.25) is 4.57 Å². The second kappa shape index (κ2) is 6.82. The van der Waals surface area contributed by atoms with Crippen LogP contribution in [-0.2, 0) is 15.2 Å². The Balaban J connectivity index is 1.91. The Bertz CT molecular complexity index is 866. The van der Waals surface area contributed by atoms with Crippen LogP contribution >= 0.6 is 0 Å². The summed E-state index contributed by atoms with van der Waals surface area (Å²) in [5, 5.41) is 61.3. The van der Waals surface area contributed by atoms with Gasteiger partial charge in [-0.05, 0) is 0 Å². The van der Waals surface area contributed by atoms with Crippen LogP contribution in [0.15, 0.2) is 12.7 Å². The monoisotopic (exact) mass is 399 g/mol. The molecule has 0 bridgehead atoms. The predicted octanol–water partition coefficient (Wildman–Crippen LogP) is -4.34. The summed E-state index contributed by atoms with van der Waals surface area (Å²) in [7, 11) is 0. The highest BCUT2D eigenvalue weighted by Crippen LogP contribution is 2.44. The zero-order valence-electron chi connectivity index (χ0n) is 14.5. The van der Waals surface area contributed by atoms with Crippen molar-refractivity contribution in [1.29, 1.82) is 0 Å². The lowest BCUT2D eigenvalue weighted by molar-refractivity contribution is -0.286. The van der Waals surface area contributed by atoms with Crippen LogP contribution in [-0.4, -0.2) is 106 Å². The largest absolute Gasteiger partial charge is 0.394 e. The standard InChI is InChI=1S/C15H21N5O8/c16-13-7-14(18-3-17-13)20(4-19-7)15(11(26)9(24)6(1-21)28-15)12-10(25)8(23)5(22)2-27-12/h3-6,8-12,21-26H,1-2H2,(H2,16,17,18)/t5?,6-,8?,9-,10?,11-,12?,15+/m1/s1. The zero-order chi connectivity index (χ0) is 20.2. The van der Waals surface area contributed by atoms with Crippen molar-refractivity contribution in [2.24, 2.45) is 0 Å². The number of aromatic nitrogens is 4. The first-order valence-electron chi connectivity index (χ1n) is 8.57. The van der Waals surface area contributed by atoms with Crippen LogP contribution in [0.4, 0.5) is 5.82 Å². The first-order valence-corrected chi connectivity index (χ1v) is 8.57. The van der Waals surface area contributed by atoms with Gasteiger partial charge in [0, 0.05) is 0 Å². The van der Waals surface area contributed by atoms with E-state index in [2.05, 4.69) is 15.0 Å². The normalized spacial score (nSPS) is 41.6. The molecule has 2 aromatic heterocycles. The van der Waals surface area contributed by atoms with Crippen LogP contribution in [0.25, 0.3) is 11.2 Å². The van der Waals surface area contributed by atoms with Crippen LogP contribution in [0.5, 0.6) is 0 Å². The number of nitrogen functional groups attached to an aromatic ring is 1. The summed E-state index contributed by atoms with van der Waals surface area (Å²) in [6.07, 6.45) is -8.28. The lowest BCUT2D eigenvalue weighted by Gasteiger charge is -2.46. The minimum Gasteiger partial charge on any atom is -0.394 e. The zero-order valence-corrected chi connectivity index (χ0v) is 14.5. The number of anilines is 1. The molecule has 13 nitrogen and oxygen atoms in total. The number of imidazole rings is 1. The van der Waals surface area contributed by atoms with Gasteiger partial charge in [0.25, 0.3) is 0 Å². The number of aliphatic hydroxyl groups excluding tert-OH is 6. The second-order valence-electron chi connectivity index (χ2n) is 6.87. The Kier molecular flexibility index (Phi) is 4.71. The van der Waals surface area contributed by atoms with E-state index >= 15 is 0 Å². The second-order valence-corrected chi connectivity index (χ2v) is 6.87. The Labute approximate surface area is 157 Å². The van der Waals surface area contributed by atoms with Gasteiger partial charge < -0.3 is 45.8 Å². The topological polar surface area (TPSA) is 209 Å². The van der Waals surface area contributed by atoms with Crippen LogP contribution < -0.4 is 5.73 Å². The summed E-state index contributed by atoms with van der Waals surface area (Å²) in [6, 6.07) is 0. The van der Waals surface area contributed by atoms with Crippen molar-refractivity contribution < 1.29 is 40.1 Å². The number of nitrogens with two attached hydrogens (primary N) is 1. The van der Waals surface area contributed by atoms with Crippen molar-refractivity contribution in [2.45, 2.75) is 48.5 Å². The van der Waals surface area contributed by atoms with Crippen LogP contribution in [0.1, 0.15) is 0 Å². The van der Waals surface area contributed by atoms with Gasteiger partial charge in [-0.1, -0.05) is 0 Å². The third kappa shape index (κ3) is 2.53. The van der Waals surface area contributed by atoms with E-state index in [1.54, 1.807) is 0 Å². The maximum absolute atomic E-state index is 10.9. The number of hydrogen-bond donors (Lipinski definition) is 7. The van der Waals surface area contributed by atoms with Gasteiger partial charge in [0.15, 0.2) is 11.5 Å². The highest BCUT2D eigenvalue weighted by molar-refractivity contribution is 5.81. The highest BCUT2D eigenvalue weighted by atomic mass is 16.6. The van der Waals surface area contributed by atoms with E-state index in [9.17, 15) is 30.6 Å². The molecule has 28 heavy (non-hydrogen) atoms. The number of nitrogens with zero attached hydrogens (tertiary/aromatic N) is 4. The number of hydrogen-bond acceptors (Lipinski definition) is 12. The molecule has 2 fully saturated rings. The fraction of sp³-hybridized carbons (Fsp3) is 0.667. The lowest BCUT2D eigenvalue weighted by Crippen LogP contribution is -2.65. The molecular weight excluding hydrogens is 378 g/mol. The summed E-state index contributed by atoms with van der Waals surface area (Å²) < 4.78 is 12.5. The van der Waals surface area contributed by atoms with Gasteiger partial charge in [0.05, 0.1) is 19.5 Å². The number of rotatable bonds is 3. The fourth-order valence-electron chi connectivity index (χ4n) is 3.83. The molecule has 0 amide bonds. The molecule has 8 atom stereocenters. The average molecular weight is 399 g/mol. The number of aliphatic hydroxyl groups is 6. The molecule has 4 heterocycles. The Morgan fingerprint density at radius 3 is 2.54 bits per heavy atom. The van der Waals surface area contributed by atoms with Crippen LogP contribution in [0.3, 0.4) is 0 Å². The molecule has 2 saturated heterocycles. The van der Waals surface area contributed by atoms with E-state index in [1.807, 2.05) is 0 Å².